The zero-order valence-electron chi connectivity index (χ0n) is 15.2. The number of halogens is 3. The lowest BCUT2D eigenvalue weighted by Crippen LogP contribution is -2.44. The molecule has 0 bridgehead atoms. The molecular formula is C21H20F3NO3. The van der Waals surface area contributed by atoms with Crippen molar-refractivity contribution >= 4 is 11.9 Å². The molecule has 4 nitrogen and oxygen atoms in total. The zero-order chi connectivity index (χ0) is 20.5. The Hall–Kier alpha value is -2.83. The minimum atomic E-state index is -4.39. The van der Waals surface area contributed by atoms with Crippen LogP contribution in [0.2, 0.25) is 0 Å². The molecule has 2 aromatic rings. The Bertz CT molecular complexity index is 865. The fourth-order valence-electron chi connectivity index (χ4n) is 3.27. The number of carbonyl (C=O) groups excluding carboxylic acids is 1. The van der Waals surface area contributed by atoms with Crippen molar-refractivity contribution in [2.75, 3.05) is 6.54 Å². The average molecular weight is 391 g/mol. The van der Waals surface area contributed by atoms with Gasteiger partial charge in [-0.25, -0.2) is 0 Å². The third-order valence-corrected chi connectivity index (χ3v) is 5.29. The summed E-state index contributed by atoms with van der Waals surface area (Å²) in [5.41, 5.74) is -0.733. The van der Waals surface area contributed by atoms with Crippen LogP contribution in [0.15, 0.2) is 54.6 Å². The van der Waals surface area contributed by atoms with Crippen molar-refractivity contribution in [2.24, 2.45) is 5.92 Å². The maximum Gasteiger partial charge on any atom is 0.416 e. The van der Waals surface area contributed by atoms with Crippen molar-refractivity contribution in [1.29, 1.82) is 0 Å². The number of alkyl halides is 3. The molecule has 0 spiro atoms. The molecule has 28 heavy (non-hydrogen) atoms. The first-order chi connectivity index (χ1) is 13.1. The lowest BCUT2D eigenvalue weighted by atomic mass is 9.82. The van der Waals surface area contributed by atoms with E-state index in [-0.39, 0.29) is 24.3 Å². The van der Waals surface area contributed by atoms with Crippen LogP contribution in [0.25, 0.3) is 0 Å². The lowest BCUT2D eigenvalue weighted by Gasteiger charge is -2.25. The van der Waals surface area contributed by atoms with Crippen LogP contribution < -0.4 is 5.32 Å². The van der Waals surface area contributed by atoms with Crippen molar-refractivity contribution in [3.8, 4) is 0 Å². The summed E-state index contributed by atoms with van der Waals surface area (Å²) in [5, 5.41) is 12.3. The molecular weight excluding hydrogens is 371 g/mol. The van der Waals surface area contributed by atoms with Crippen LogP contribution in [0.1, 0.15) is 36.0 Å². The highest BCUT2D eigenvalue weighted by molar-refractivity contribution is 5.85. The summed E-state index contributed by atoms with van der Waals surface area (Å²) in [6, 6.07) is 13.5. The van der Waals surface area contributed by atoms with Gasteiger partial charge in [0.1, 0.15) is 5.41 Å². The Morgan fingerprint density at radius 3 is 2.18 bits per heavy atom. The highest BCUT2D eigenvalue weighted by atomic mass is 19.4. The van der Waals surface area contributed by atoms with Crippen molar-refractivity contribution in [1.82, 2.24) is 5.32 Å². The van der Waals surface area contributed by atoms with Crippen molar-refractivity contribution < 1.29 is 27.9 Å². The first-order valence-electron chi connectivity index (χ1n) is 8.87. The number of hydrogen-bond donors (Lipinski definition) is 2. The van der Waals surface area contributed by atoms with Gasteiger partial charge in [0.15, 0.2) is 0 Å². The third-order valence-electron chi connectivity index (χ3n) is 5.29. The van der Waals surface area contributed by atoms with Crippen LogP contribution in [-0.4, -0.2) is 23.5 Å². The summed E-state index contributed by atoms with van der Waals surface area (Å²) in [6.45, 7) is 1.48. The third kappa shape index (κ3) is 4.03. The lowest BCUT2D eigenvalue weighted by molar-refractivity contribution is -0.143. The fraction of sp³-hybridized carbons (Fsp3) is 0.333. The van der Waals surface area contributed by atoms with E-state index in [1.54, 1.807) is 37.3 Å². The number of hydrogen-bond acceptors (Lipinski definition) is 2. The van der Waals surface area contributed by atoms with Gasteiger partial charge in [-0.2, -0.15) is 13.2 Å². The molecule has 0 aliphatic heterocycles. The number of nitrogens with one attached hydrogen (secondary N) is 1. The van der Waals surface area contributed by atoms with Crippen molar-refractivity contribution in [3.63, 3.8) is 0 Å². The highest BCUT2D eigenvalue weighted by Gasteiger charge is 2.45. The minimum absolute atomic E-state index is 0.0680. The molecule has 3 rings (SSSR count). The molecule has 2 aromatic carbocycles. The largest absolute Gasteiger partial charge is 0.481 e. The molecule has 1 aliphatic carbocycles. The van der Waals surface area contributed by atoms with E-state index in [9.17, 15) is 27.9 Å². The van der Waals surface area contributed by atoms with E-state index >= 15 is 0 Å². The van der Waals surface area contributed by atoms with Gasteiger partial charge in [-0.3, -0.25) is 9.59 Å². The maximum absolute atomic E-state index is 12.6. The van der Waals surface area contributed by atoms with Crippen LogP contribution in [0.3, 0.4) is 0 Å². The number of amides is 1. The monoisotopic (exact) mass is 391 g/mol. The number of carbonyl (C=O) groups is 2. The van der Waals surface area contributed by atoms with Crippen LogP contribution >= 0.6 is 0 Å². The molecule has 0 radical (unpaired) electrons. The van der Waals surface area contributed by atoms with Gasteiger partial charge in [0.25, 0.3) is 0 Å². The number of aliphatic carboxylic acids is 1. The summed E-state index contributed by atoms with van der Waals surface area (Å²) < 4.78 is 37.9. The summed E-state index contributed by atoms with van der Waals surface area (Å²) in [6.07, 6.45) is -3.86. The molecule has 7 heteroatoms. The maximum atomic E-state index is 12.6. The fourth-order valence-corrected chi connectivity index (χ4v) is 3.27. The van der Waals surface area contributed by atoms with Gasteiger partial charge in [0.2, 0.25) is 5.91 Å². The van der Waals surface area contributed by atoms with E-state index in [1.165, 1.54) is 12.1 Å². The first kappa shape index (κ1) is 19.9. The Balaban J connectivity index is 1.62. The van der Waals surface area contributed by atoms with Gasteiger partial charge in [-0.1, -0.05) is 42.5 Å². The predicted molar refractivity (Wildman–Crippen MR) is 96.7 cm³/mol. The quantitative estimate of drug-likeness (QED) is 0.783. The van der Waals surface area contributed by atoms with E-state index in [4.69, 9.17) is 0 Å². The van der Waals surface area contributed by atoms with E-state index < -0.39 is 23.1 Å². The number of rotatable bonds is 6. The number of carboxylic acid groups (broad SMARTS) is 1. The van der Waals surface area contributed by atoms with Gasteiger partial charge in [0, 0.05) is 12.5 Å². The summed E-state index contributed by atoms with van der Waals surface area (Å²) >= 11 is 0. The smallest absolute Gasteiger partial charge is 0.416 e. The Morgan fingerprint density at radius 1 is 1.04 bits per heavy atom. The molecule has 0 heterocycles. The molecule has 0 aromatic heterocycles. The average Bonchev–Trinajstić information content (AvgIpc) is 3.47. The Morgan fingerprint density at radius 2 is 1.64 bits per heavy atom. The van der Waals surface area contributed by atoms with E-state index in [2.05, 4.69) is 5.32 Å². The first-order valence-corrected chi connectivity index (χ1v) is 8.87. The second kappa shape index (κ2) is 7.30. The number of carboxylic acids is 1. The predicted octanol–water partition coefficient (Wildman–Crippen LogP) is 3.97. The second-order valence-electron chi connectivity index (χ2n) is 7.29. The Labute approximate surface area is 160 Å². The van der Waals surface area contributed by atoms with Gasteiger partial charge >= 0.3 is 12.1 Å². The summed E-state index contributed by atoms with van der Waals surface area (Å²) in [4.78, 5) is 24.2. The molecule has 1 amide bonds. The van der Waals surface area contributed by atoms with Crippen LogP contribution in [0, 0.1) is 5.92 Å². The molecule has 1 saturated carbocycles. The van der Waals surface area contributed by atoms with Gasteiger partial charge < -0.3 is 10.4 Å². The highest BCUT2D eigenvalue weighted by Crippen LogP contribution is 2.48. The summed E-state index contributed by atoms with van der Waals surface area (Å²) in [5.74, 6) is -1.83. The SMILES string of the molecule is CC(CNC(=O)C1CC1c1ccc(C(F)(F)F)cc1)(C(=O)O)c1ccccc1. The molecule has 3 atom stereocenters. The van der Waals surface area contributed by atoms with E-state index in [0.717, 1.165) is 12.1 Å². The van der Waals surface area contributed by atoms with Gasteiger partial charge in [0.05, 0.1) is 5.56 Å². The van der Waals surface area contributed by atoms with Gasteiger partial charge in [-0.15, -0.1) is 0 Å². The Kier molecular flexibility index (Phi) is 5.19. The van der Waals surface area contributed by atoms with Crippen molar-refractivity contribution in [2.45, 2.75) is 30.9 Å². The minimum Gasteiger partial charge on any atom is -0.481 e. The standard InChI is InChI=1S/C21H20F3NO3/c1-20(19(27)28,14-5-3-2-4-6-14)12-25-18(26)17-11-16(17)13-7-9-15(10-8-13)21(22,23)24/h2-10,16-17H,11-12H2,1H3,(H,25,26)(H,27,28). The zero-order valence-corrected chi connectivity index (χ0v) is 15.2. The van der Waals surface area contributed by atoms with E-state index in [0.29, 0.717) is 17.5 Å². The summed E-state index contributed by atoms with van der Waals surface area (Å²) in [7, 11) is 0. The van der Waals surface area contributed by atoms with Crippen LogP contribution in [0.5, 0.6) is 0 Å². The van der Waals surface area contributed by atoms with Crippen LogP contribution in [-0.2, 0) is 21.2 Å². The van der Waals surface area contributed by atoms with E-state index in [1.807, 2.05) is 0 Å². The molecule has 1 aliphatic rings. The molecule has 1 fully saturated rings. The topological polar surface area (TPSA) is 66.4 Å². The second-order valence-corrected chi connectivity index (χ2v) is 7.29. The van der Waals surface area contributed by atoms with Gasteiger partial charge in [-0.05, 0) is 42.5 Å². The number of benzene rings is 2. The normalized spacial score (nSPS) is 20.9. The molecule has 148 valence electrons. The molecule has 2 N–H and O–H groups in total. The van der Waals surface area contributed by atoms with Crippen molar-refractivity contribution in [3.05, 3.63) is 71.3 Å². The molecule has 0 saturated heterocycles. The van der Waals surface area contributed by atoms with Crippen LogP contribution in [0.4, 0.5) is 13.2 Å². The molecule has 3 unspecified atom stereocenters.